The molecule has 1 saturated heterocycles. The molecule has 2 aliphatic heterocycles. The average molecular weight is 480 g/mol. The minimum atomic E-state index is -1.86. The second-order valence-corrected chi connectivity index (χ2v) is 8.01. The monoisotopic (exact) mass is 480 g/mol. The summed E-state index contributed by atoms with van der Waals surface area (Å²) < 4.78 is 21.8. The number of aliphatic carboxylic acids is 1. The maximum Gasteiger partial charge on any atom is 0.335 e. The molecular weight excluding hydrogens is 456 g/mol. The van der Waals surface area contributed by atoms with Gasteiger partial charge in [0.2, 0.25) is 6.29 Å². The number of hydrogen-bond acceptors (Lipinski definition) is 11. The molecule has 12 heteroatoms. The summed E-state index contributed by atoms with van der Waals surface area (Å²) in [7, 11) is 1.33. The number of aromatic hydroxyl groups is 2. The largest absolute Gasteiger partial charge is 0.508 e. The molecule has 12 nitrogen and oxygen atoms in total. The predicted molar refractivity (Wildman–Crippen MR) is 111 cm³/mol. The van der Waals surface area contributed by atoms with Crippen LogP contribution in [0.4, 0.5) is 0 Å². The normalized spacial score (nSPS) is 30.7. The molecular formula is C22H24O12. The Morgan fingerprint density at radius 3 is 2.41 bits per heavy atom. The highest BCUT2D eigenvalue weighted by Gasteiger charge is 2.48. The summed E-state index contributed by atoms with van der Waals surface area (Å²) in [4.78, 5) is 11.3. The lowest BCUT2D eigenvalue weighted by Gasteiger charge is -2.38. The highest BCUT2D eigenvalue weighted by molar-refractivity contribution is 5.73. The number of carbonyl (C=O) groups is 1. The van der Waals surface area contributed by atoms with Crippen molar-refractivity contribution in [1.82, 2.24) is 0 Å². The van der Waals surface area contributed by atoms with Crippen molar-refractivity contribution in [2.45, 2.75) is 49.3 Å². The maximum atomic E-state index is 11.3. The van der Waals surface area contributed by atoms with Gasteiger partial charge in [0.25, 0.3) is 0 Å². The van der Waals surface area contributed by atoms with E-state index in [0.717, 1.165) is 6.07 Å². The first-order valence-corrected chi connectivity index (χ1v) is 10.3. The molecule has 2 heterocycles. The lowest BCUT2D eigenvalue weighted by molar-refractivity contribution is -0.271. The molecule has 0 aliphatic carbocycles. The summed E-state index contributed by atoms with van der Waals surface area (Å²) in [6.45, 7) is 0. The summed E-state index contributed by atoms with van der Waals surface area (Å²) in [5.41, 5.74) is 0.805. The van der Waals surface area contributed by atoms with Crippen LogP contribution in [0.5, 0.6) is 28.7 Å². The number of ether oxygens (including phenoxy) is 4. The van der Waals surface area contributed by atoms with E-state index < -0.39 is 48.9 Å². The minimum absolute atomic E-state index is 0.0176. The van der Waals surface area contributed by atoms with E-state index in [-0.39, 0.29) is 35.2 Å². The van der Waals surface area contributed by atoms with Crippen molar-refractivity contribution in [2.24, 2.45) is 0 Å². The van der Waals surface area contributed by atoms with Crippen LogP contribution in [0.2, 0.25) is 0 Å². The fraction of sp³-hybridized carbons (Fsp3) is 0.409. The van der Waals surface area contributed by atoms with E-state index in [0.29, 0.717) is 11.1 Å². The fourth-order valence-corrected chi connectivity index (χ4v) is 3.98. The Kier molecular flexibility index (Phi) is 6.43. The molecule has 7 atom stereocenters. The van der Waals surface area contributed by atoms with Crippen molar-refractivity contribution in [1.29, 1.82) is 0 Å². The molecule has 2 aliphatic rings. The zero-order valence-electron chi connectivity index (χ0n) is 17.8. The van der Waals surface area contributed by atoms with Crippen molar-refractivity contribution in [3.8, 4) is 28.7 Å². The van der Waals surface area contributed by atoms with Crippen LogP contribution >= 0.6 is 0 Å². The van der Waals surface area contributed by atoms with Crippen LogP contribution in [-0.4, -0.2) is 85.6 Å². The standard InChI is InChI=1S/C22H24O12/c1-31-15-4-8(19-12(25)7-10-11(24)5-9(23)6-14(10)32-19)2-3-13(15)33-22-18(28)16(26)17(27)20(34-22)21(29)30/h2-6,12,16-20,22-28H,7H2,1H3,(H,29,30)/t12?,16-,17-,18+,19?,20-,22+/m0/s1. The third kappa shape index (κ3) is 4.29. The van der Waals surface area contributed by atoms with Gasteiger partial charge in [-0.25, -0.2) is 4.79 Å². The molecule has 184 valence electrons. The summed E-state index contributed by atoms with van der Waals surface area (Å²) >= 11 is 0. The van der Waals surface area contributed by atoms with Gasteiger partial charge < -0.3 is 54.7 Å². The molecule has 4 rings (SSSR count). The van der Waals surface area contributed by atoms with Gasteiger partial charge in [-0.15, -0.1) is 0 Å². The second-order valence-electron chi connectivity index (χ2n) is 8.01. The second kappa shape index (κ2) is 9.16. The lowest BCUT2D eigenvalue weighted by Crippen LogP contribution is -2.61. The predicted octanol–water partition coefficient (Wildman–Crippen LogP) is -0.586. The van der Waals surface area contributed by atoms with Gasteiger partial charge in [-0.2, -0.15) is 0 Å². The highest BCUT2D eigenvalue weighted by Crippen LogP contribution is 2.43. The Hall–Kier alpha value is -3.29. The molecule has 0 bridgehead atoms. The first-order chi connectivity index (χ1) is 16.1. The van der Waals surface area contributed by atoms with Crippen LogP contribution in [0, 0.1) is 0 Å². The number of methoxy groups -OCH3 is 1. The van der Waals surface area contributed by atoms with Crippen molar-refractivity contribution in [2.75, 3.05) is 7.11 Å². The van der Waals surface area contributed by atoms with Gasteiger partial charge in [0, 0.05) is 24.1 Å². The van der Waals surface area contributed by atoms with Crippen LogP contribution < -0.4 is 14.2 Å². The molecule has 1 fully saturated rings. The molecule has 0 spiro atoms. The van der Waals surface area contributed by atoms with E-state index in [1.807, 2.05) is 0 Å². The zero-order valence-corrected chi connectivity index (χ0v) is 17.8. The average Bonchev–Trinajstić information content (AvgIpc) is 2.79. The van der Waals surface area contributed by atoms with E-state index in [2.05, 4.69) is 0 Å². The van der Waals surface area contributed by atoms with E-state index in [1.165, 1.54) is 31.4 Å². The lowest BCUT2D eigenvalue weighted by atomic mass is 9.94. The van der Waals surface area contributed by atoms with Gasteiger partial charge in [0.1, 0.15) is 41.7 Å². The molecule has 0 amide bonds. The summed E-state index contributed by atoms with van der Waals surface area (Å²) in [5, 5.41) is 69.5. The molecule has 0 aromatic heterocycles. The van der Waals surface area contributed by atoms with Gasteiger partial charge in [0.05, 0.1) is 13.2 Å². The minimum Gasteiger partial charge on any atom is -0.508 e. The molecule has 34 heavy (non-hydrogen) atoms. The van der Waals surface area contributed by atoms with Crippen LogP contribution in [0.25, 0.3) is 0 Å². The summed E-state index contributed by atoms with van der Waals surface area (Å²) in [5.74, 6) is -1.61. The van der Waals surface area contributed by atoms with Gasteiger partial charge >= 0.3 is 5.97 Å². The smallest absolute Gasteiger partial charge is 0.335 e. The first-order valence-electron chi connectivity index (χ1n) is 10.3. The van der Waals surface area contributed by atoms with Crippen LogP contribution in [0.3, 0.4) is 0 Å². The van der Waals surface area contributed by atoms with Crippen molar-refractivity contribution in [3.63, 3.8) is 0 Å². The van der Waals surface area contributed by atoms with Gasteiger partial charge in [-0.3, -0.25) is 0 Å². The summed E-state index contributed by atoms with van der Waals surface area (Å²) in [6, 6.07) is 6.88. The van der Waals surface area contributed by atoms with Crippen LogP contribution in [-0.2, 0) is 16.0 Å². The fourth-order valence-electron chi connectivity index (χ4n) is 3.98. The van der Waals surface area contributed by atoms with E-state index in [9.17, 15) is 40.5 Å². The Bertz CT molecular complexity index is 1070. The van der Waals surface area contributed by atoms with Crippen LogP contribution in [0.15, 0.2) is 30.3 Å². The number of phenols is 2. The van der Waals surface area contributed by atoms with Crippen molar-refractivity contribution < 1.29 is 59.5 Å². The van der Waals surface area contributed by atoms with E-state index in [1.54, 1.807) is 0 Å². The van der Waals surface area contributed by atoms with Crippen molar-refractivity contribution >= 4 is 5.97 Å². The highest BCUT2D eigenvalue weighted by atomic mass is 16.7. The number of aliphatic hydroxyl groups excluding tert-OH is 4. The molecule has 7 N–H and O–H groups in total. The zero-order chi connectivity index (χ0) is 24.7. The molecule has 0 saturated carbocycles. The topological polar surface area (TPSA) is 196 Å². The maximum absolute atomic E-state index is 11.3. The number of carboxylic acid groups (broad SMARTS) is 1. The summed E-state index contributed by atoms with van der Waals surface area (Å²) in [6.07, 6.45) is -10.8. The molecule has 2 aromatic carbocycles. The molecule has 2 aromatic rings. The molecule has 2 unspecified atom stereocenters. The number of rotatable bonds is 5. The Morgan fingerprint density at radius 2 is 1.74 bits per heavy atom. The van der Waals surface area contributed by atoms with Gasteiger partial charge in [-0.05, 0) is 17.7 Å². The Labute approximate surface area is 192 Å². The molecule has 0 radical (unpaired) electrons. The number of aliphatic hydroxyl groups is 4. The first kappa shape index (κ1) is 23.9. The number of carboxylic acids is 1. The third-order valence-corrected chi connectivity index (χ3v) is 5.76. The number of fused-ring (bicyclic) bond motifs is 1. The van der Waals surface area contributed by atoms with Crippen molar-refractivity contribution in [3.05, 3.63) is 41.5 Å². The Morgan fingerprint density at radius 1 is 1.00 bits per heavy atom. The quantitative estimate of drug-likeness (QED) is 0.288. The SMILES string of the molecule is COc1cc(C2Oc3cc(O)cc(O)c3CC2O)ccc1O[C@@H]1O[C@H](C(=O)O)[C@@H](O)[C@H](O)[C@H]1O. The van der Waals surface area contributed by atoms with Gasteiger partial charge in [-0.1, -0.05) is 6.07 Å². The number of benzene rings is 2. The Balaban J connectivity index is 1.58. The van der Waals surface area contributed by atoms with Crippen LogP contribution in [0.1, 0.15) is 17.2 Å². The van der Waals surface area contributed by atoms with E-state index in [4.69, 9.17) is 18.9 Å². The third-order valence-electron chi connectivity index (χ3n) is 5.76. The number of hydrogen-bond donors (Lipinski definition) is 7. The number of phenolic OH excluding ortho intramolecular Hbond substituents is 2. The van der Waals surface area contributed by atoms with Gasteiger partial charge in [0.15, 0.2) is 17.6 Å². The van der Waals surface area contributed by atoms with E-state index >= 15 is 0 Å².